The number of rotatable bonds is 4. The molecule has 3 fully saturated rings. The Morgan fingerprint density at radius 2 is 1.96 bits per heavy atom. The third kappa shape index (κ3) is 3.57. The number of nitrogens with zero attached hydrogens (tertiary/aromatic N) is 2. The van der Waals surface area contributed by atoms with Crippen LogP contribution in [0, 0.1) is 11.8 Å². The largest absolute Gasteiger partial charge is 0.492 e. The summed E-state index contributed by atoms with van der Waals surface area (Å²) in [4.78, 5) is 4.77. The van der Waals surface area contributed by atoms with E-state index in [2.05, 4.69) is 33.3 Å². The number of thiocarbonyl (C=S) groups is 1. The molecule has 1 N–H and O–H groups in total. The van der Waals surface area contributed by atoms with Crippen molar-refractivity contribution in [3.05, 3.63) is 24.3 Å². The van der Waals surface area contributed by atoms with E-state index in [4.69, 9.17) is 17.0 Å². The van der Waals surface area contributed by atoms with Gasteiger partial charge >= 0.3 is 0 Å². The summed E-state index contributed by atoms with van der Waals surface area (Å²) < 4.78 is 5.79. The molecule has 1 heterocycles. The monoisotopic (exact) mass is 359 g/mol. The third-order valence-electron chi connectivity index (χ3n) is 6.12. The van der Waals surface area contributed by atoms with Gasteiger partial charge in [-0.25, -0.2) is 0 Å². The van der Waals surface area contributed by atoms with E-state index in [0.717, 1.165) is 48.9 Å². The maximum Gasteiger partial charge on any atom is 0.169 e. The summed E-state index contributed by atoms with van der Waals surface area (Å²) in [5, 5.41) is 4.65. The highest BCUT2D eigenvalue weighted by Gasteiger charge is 2.40. The Bertz CT molecular complexity index is 615. The van der Waals surface area contributed by atoms with Gasteiger partial charge in [0.15, 0.2) is 5.11 Å². The Balaban J connectivity index is 1.31. The molecule has 1 aromatic carbocycles. The van der Waals surface area contributed by atoms with E-state index >= 15 is 0 Å². The minimum atomic E-state index is 0.628. The minimum Gasteiger partial charge on any atom is -0.492 e. The van der Waals surface area contributed by atoms with Crippen molar-refractivity contribution < 1.29 is 4.74 Å². The molecular formula is C20H29N3OS. The second kappa shape index (κ2) is 7.40. The smallest absolute Gasteiger partial charge is 0.169 e. The van der Waals surface area contributed by atoms with Gasteiger partial charge in [0.05, 0.1) is 12.3 Å². The number of nitrogens with one attached hydrogen (secondary N) is 1. The maximum atomic E-state index is 5.79. The Hall–Kier alpha value is -1.49. The number of piperazine rings is 1. The van der Waals surface area contributed by atoms with E-state index in [0.29, 0.717) is 12.6 Å². The van der Waals surface area contributed by atoms with Gasteiger partial charge in [0.1, 0.15) is 5.75 Å². The highest BCUT2D eigenvalue weighted by molar-refractivity contribution is 7.80. The molecule has 5 heteroatoms. The lowest BCUT2D eigenvalue weighted by Crippen LogP contribution is -2.54. The van der Waals surface area contributed by atoms with Crippen LogP contribution in [0.15, 0.2) is 24.3 Å². The molecular weight excluding hydrogens is 330 g/mol. The number of anilines is 1. The molecule has 0 amide bonds. The zero-order valence-corrected chi connectivity index (χ0v) is 15.9. The van der Waals surface area contributed by atoms with Crippen LogP contribution in [0.3, 0.4) is 0 Å². The molecule has 2 bridgehead atoms. The summed E-state index contributed by atoms with van der Waals surface area (Å²) in [5.41, 5.74) is 1.20. The highest BCUT2D eigenvalue weighted by atomic mass is 32.1. The molecule has 0 spiro atoms. The van der Waals surface area contributed by atoms with Gasteiger partial charge in [-0.05, 0) is 62.4 Å². The number of fused-ring (bicyclic) bond motifs is 2. The van der Waals surface area contributed by atoms with Gasteiger partial charge in [0.2, 0.25) is 0 Å². The summed E-state index contributed by atoms with van der Waals surface area (Å²) in [6.45, 7) is 6.68. The number of hydrogen-bond donors (Lipinski definition) is 1. The molecule has 4 rings (SSSR count). The van der Waals surface area contributed by atoms with Gasteiger partial charge in [-0.1, -0.05) is 18.6 Å². The van der Waals surface area contributed by atoms with E-state index < -0.39 is 0 Å². The van der Waals surface area contributed by atoms with Crippen LogP contribution in [-0.2, 0) is 0 Å². The second-order valence-corrected chi connectivity index (χ2v) is 7.99. The first-order valence-electron chi connectivity index (χ1n) is 9.77. The van der Waals surface area contributed by atoms with Gasteiger partial charge in [-0.15, -0.1) is 0 Å². The third-order valence-corrected chi connectivity index (χ3v) is 6.50. The van der Waals surface area contributed by atoms with Gasteiger partial charge < -0.3 is 19.9 Å². The fraction of sp³-hybridized carbons (Fsp3) is 0.650. The number of para-hydroxylation sites is 2. The summed E-state index contributed by atoms with van der Waals surface area (Å²) in [6, 6.07) is 8.98. The normalized spacial score (nSPS) is 28.3. The van der Waals surface area contributed by atoms with Crippen molar-refractivity contribution in [2.75, 3.05) is 37.7 Å². The molecule has 3 atom stereocenters. The average molecular weight is 360 g/mol. The number of ether oxygens (including phenoxy) is 1. The van der Waals surface area contributed by atoms with Crippen LogP contribution in [-0.4, -0.2) is 48.8 Å². The topological polar surface area (TPSA) is 27.7 Å². The van der Waals surface area contributed by atoms with Gasteiger partial charge in [0, 0.05) is 32.2 Å². The molecule has 1 saturated heterocycles. The SMILES string of the molecule is CCOc1ccccc1N1CCN(C(=S)N[C@@H]2C[C@H]3CC[C@@H]2C3)CC1. The van der Waals surface area contributed by atoms with Crippen LogP contribution < -0.4 is 15.0 Å². The van der Waals surface area contributed by atoms with E-state index in [-0.39, 0.29) is 0 Å². The first-order valence-corrected chi connectivity index (χ1v) is 10.2. The fourth-order valence-electron chi connectivity index (χ4n) is 4.82. The molecule has 3 aliphatic rings. The van der Waals surface area contributed by atoms with Crippen molar-refractivity contribution >= 4 is 23.0 Å². The van der Waals surface area contributed by atoms with Crippen LogP contribution >= 0.6 is 12.2 Å². The maximum absolute atomic E-state index is 5.79. The minimum absolute atomic E-state index is 0.628. The lowest BCUT2D eigenvalue weighted by molar-refractivity contribution is 0.331. The fourth-order valence-corrected chi connectivity index (χ4v) is 5.15. The molecule has 1 aliphatic heterocycles. The Kier molecular flexibility index (Phi) is 5.02. The molecule has 2 aliphatic carbocycles. The van der Waals surface area contributed by atoms with E-state index in [1.807, 2.05) is 13.0 Å². The molecule has 136 valence electrons. The van der Waals surface area contributed by atoms with Crippen LogP contribution in [0.25, 0.3) is 0 Å². The van der Waals surface area contributed by atoms with Crippen molar-refractivity contribution in [3.8, 4) is 5.75 Å². The van der Waals surface area contributed by atoms with Gasteiger partial charge in [-0.2, -0.15) is 0 Å². The van der Waals surface area contributed by atoms with Gasteiger partial charge in [-0.3, -0.25) is 0 Å². The van der Waals surface area contributed by atoms with Crippen molar-refractivity contribution in [3.63, 3.8) is 0 Å². The summed E-state index contributed by atoms with van der Waals surface area (Å²) in [7, 11) is 0. The summed E-state index contributed by atoms with van der Waals surface area (Å²) in [5.74, 6) is 2.81. The Morgan fingerprint density at radius 3 is 2.64 bits per heavy atom. The molecule has 0 aromatic heterocycles. The molecule has 25 heavy (non-hydrogen) atoms. The number of hydrogen-bond acceptors (Lipinski definition) is 3. The Labute approximate surface area is 156 Å². The predicted molar refractivity (Wildman–Crippen MR) is 106 cm³/mol. The standard InChI is InChI=1S/C20H29N3OS/c1-2-24-19-6-4-3-5-18(19)22-9-11-23(12-10-22)20(25)21-17-14-15-7-8-16(17)13-15/h3-6,15-17H,2,7-14H2,1H3,(H,21,25)/t15-,16+,17+/m0/s1. The van der Waals surface area contributed by atoms with Crippen molar-refractivity contribution in [1.82, 2.24) is 10.2 Å². The van der Waals surface area contributed by atoms with Crippen LogP contribution in [0.5, 0.6) is 5.75 Å². The second-order valence-electron chi connectivity index (χ2n) is 7.61. The van der Waals surface area contributed by atoms with Crippen LogP contribution in [0.4, 0.5) is 5.69 Å². The number of benzene rings is 1. The first kappa shape index (κ1) is 17.0. The van der Waals surface area contributed by atoms with E-state index in [1.54, 1.807) is 0 Å². The average Bonchev–Trinajstić information content (AvgIpc) is 3.26. The van der Waals surface area contributed by atoms with Crippen LogP contribution in [0.2, 0.25) is 0 Å². The predicted octanol–water partition coefficient (Wildman–Crippen LogP) is 3.27. The van der Waals surface area contributed by atoms with Crippen molar-refractivity contribution in [2.24, 2.45) is 11.8 Å². The first-order chi connectivity index (χ1) is 12.2. The van der Waals surface area contributed by atoms with E-state index in [9.17, 15) is 0 Å². The lowest BCUT2D eigenvalue weighted by atomic mass is 9.95. The summed E-state index contributed by atoms with van der Waals surface area (Å²) in [6.07, 6.45) is 5.58. The van der Waals surface area contributed by atoms with E-state index in [1.165, 1.54) is 31.4 Å². The lowest BCUT2D eigenvalue weighted by Gasteiger charge is -2.39. The zero-order valence-electron chi connectivity index (χ0n) is 15.1. The molecule has 1 aromatic rings. The summed E-state index contributed by atoms with van der Waals surface area (Å²) >= 11 is 5.72. The highest BCUT2D eigenvalue weighted by Crippen LogP contribution is 2.44. The van der Waals surface area contributed by atoms with Crippen LogP contribution in [0.1, 0.15) is 32.6 Å². The molecule has 0 radical (unpaired) electrons. The molecule has 2 saturated carbocycles. The zero-order chi connectivity index (χ0) is 17.2. The quantitative estimate of drug-likeness (QED) is 0.833. The van der Waals surface area contributed by atoms with Crippen molar-refractivity contribution in [2.45, 2.75) is 38.6 Å². The molecule has 4 nitrogen and oxygen atoms in total. The van der Waals surface area contributed by atoms with Gasteiger partial charge in [0.25, 0.3) is 0 Å². The molecule has 0 unspecified atom stereocenters. The van der Waals surface area contributed by atoms with Crippen molar-refractivity contribution in [1.29, 1.82) is 0 Å². The Morgan fingerprint density at radius 1 is 1.16 bits per heavy atom.